The molecule has 0 saturated heterocycles. The number of halogens is 1. The predicted octanol–water partition coefficient (Wildman–Crippen LogP) is 1.37. The molecule has 0 bridgehead atoms. The summed E-state index contributed by atoms with van der Waals surface area (Å²) in [5.74, 6) is -1.68. The molecule has 2 amide bonds. The summed E-state index contributed by atoms with van der Waals surface area (Å²) in [6, 6.07) is 3.44. The van der Waals surface area contributed by atoms with Crippen molar-refractivity contribution in [1.82, 2.24) is 15.3 Å². The molecule has 0 aliphatic heterocycles. The number of hydrogen-bond donors (Lipinski definition) is 4. The fraction of sp³-hybridized carbons (Fsp3) is 0.154. The van der Waals surface area contributed by atoms with Gasteiger partial charge in [0.25, 0.3) is 0 Å². The molecule has 0 aliphatic carbocycles. The number of aliphatic carboxylic acids is 1. The van der Waals surface area contributed by atoms with Crippen molar-refractivity contribution in [3.8, 4) is 0 Å². The van der Waals surface area contributed by atoms with E-state index in [1.165, 1.54) is 30.7 Å². The third-order valence-electron chi connectivity index (χ3n) is 2.66. The molecule has 1 aromatic carbocycles. The van der Waals surface area contributed by atoms with Crippen LogP contribution in [-0.4, -0.2) is 33.1 Å². The molecule has 21 heavy (non-hydrogen) atoms. The Labute approximate surface area is 119 Å². The van der Waals surface area contributed by atoms with Crippen molar-refractivity contribution in [2.45, 2.75) is 12.5 Å². The highest BCUT2D eigenvalue weighted by Gasteiger charge is 2.21. The molecule has 0 aliphatic rings. The molecule has 1 unspecified atom stereocenters. The van der Waals surface area contributed by atoms with Crippen molar-refractivity contribution < 1.29 is 19.1 Å². The highest BCUT2D eigenvalue weighted by molar-refractivity contribution is 5.92. The molecular weight excluding hydrogens is 279 g/mol. The quantitative estimate of drug-likeness (QED) is 0.667. The molecule has 2 rings (SSSR count). The van der Waals surface area contributed by atoms with Crippen LogP contribution in [0.5, 0.6) is 0 Å². The van der Waals surface area contributed by atoms with Gasteiger partial charge in [0.2, 0.25) is 0 Å². The Kier molecular flexibility index (Phi) is 4.50. The molecule has 0 saturated carbocycles. The maximum Gasteiger partial charge on any atom is 0.326 e. The number of benzene rings is 1. The van der Waals surface area contributed by atoms with Crippen molar-refractivity contribution >= 4 is 17.7 Å². The zero-order valence-corrected chi connectivity index (χ0v) is 10.8. The number of aromatic nitrogens is 2. The minimum Gasteiger partial charge on any atom is -0.480 e. The van der Waals surface area contributed by atoms with Crippen LogP contribution < -0.4 is 10.6 Å². The lowest BCUT2D eigenvalue weighted by atomic mass is 10.2. The van der Waals surface area contributed by atoms with Crippen LogP contribution in [0.25, 0.3) is 0 Å². The van der Waals surface area contributed by atoms with Gasteiger partial charge in [0.15, 0.2) is 0 Å². The van der Waals surface area contributed by atoms with Gasteiger partial charge in [-0.15, -0.1) is 0 Å². The average molecular weight is 292 g/mol. The van der Waals surface area contributed by atoms with Crippen molar-refractivity contribution in [2.75, 3.05) is 5.32 Å². The van der Waals surface area contributed by atoms with Gasteiger partial charge < -0.3 is 20.7 Å². The standard InChI is InChI=1S/C13H13FN4O3/c14-8-2-1-3-9(4-8)17-13(21)18-11(12(19)20)5-10-6-15-7-16-10/h1-4,6-7,11H,5H2,(H,15,16)(H,19,20)(H2,17,18,21). The first kappa shape index (κ1) is 14.5. The Morgan fingerprint density at radius 2 is 2.24 bits per heavy atom. The summed E-state index contributed by atoms with van der Waals surface area (Å²) in [6.45, 7) is 0. The zero-order valence-electron chi connectivity index (χ0n) is 10.8. The fourth-order valence-corrected chi connectivity index (χ4v) is 1.71. The molecule has 2 aromatic rings. The van der Waals surface area contributed by atoms with E-state index in [0.29, 0.717) is 5.69 Å². The SMILES string of the molecule is O=C(Nc1cccc(F)c1)NC(Cc1cnc[nH]1)C(=O)O. The van der Waals surface area contributed by atoms with E-state index in [-0.39, 0.29) is 12.1 Å². The number of amides is 2. The number of carbonyl (C=O) groups excluding carboxylic acids is 1. The van der Waals surface area contributed by atoms with Gasteiger partial charge in [0, 0.05) is 24.0 Å². The van der Waals surface area contributed by atoms with Gasteiger partial charge in [-0.3, -0.25) is 0 Å². The van der Waals surface area contributed by atoms with Gasteiger partial charge >= 0.3 is 12.0 Å². The van der Waals surface area contributed by atoms with E-state index in [1.807, 2.05) is 0 Å². The lowest BCUT2D eigenvalue weighted by Gasteiger charge is -2.14. The number of imidazole rings is 1. The molecule has 1 atom stereocenters. The smallest absolute Gasteiger partial charge is 0.326 e. The second kappa shape index (κ2) is 6.51. The summed E-state index contributed by atoms with van der Waals surface area (Å²) >= 11 is 0. The maximum absolute atomic E-state index is 13.0. The van der Waals surface area contributed by atoms with E-state index in [9.17, 15) is 14.0 Å². The van der Waals surface area contributed by atoms with E-state index in [0.717, 1.165) is 6.07 Å². The van der Waals surface area contributed by atoms with Crippen molar-refractivity contribution in [1.29, 1.82) is 0 Å². The Hall–Kier alpha value is -2.90. The average Bonchev–Trinajstić information content (AvgIpc) is 2.90. The lowest BCUT2D eigenvalue weighted by Crippen LogP contribution is -2.44. The number of carboxylic acids is 1. The fourth-order valence-electron chi connectivity index (χ4n) is 1.71. The Balaban J connectivity index is 1.96. The number of nitrogens with one attached hydrogen (secondary N) is 3. The van der Waals surface area contributed by atoms with Crippen LogP contribution in [0.3, 0.4) is 0 Å². The van der Waals surface area contributed by atoms with E-state index < -0.39 is 23.9 Å². The van der Waals surface area contributed by atoms with Crippen LogP contribution in [0.2, 0.25) is 0 Å². The number of carbonyl (C=O) groups is 2. The molecule has 4 N–H and O–H groups in total. The highest BCUT2D eigenvalue weighted by atomic mass is 19.1. The first-order valence-corrected chi connectivity index (χ1v) is 6.08. The Morgan fingerprint density at radius 3 is 2.86 bits per heavy atom. The van der Waals surface area contributed by atoms with Crippen LogP contribution in [-0.2, 0) is 11.2 Å². The largest absolute Gasteiger partial charge is 0.480 e. The second-order valence-corrected chi connectivity index (χ2v) is 4.28. The number of aromatic amines is 1. The van der Waals surface area contributed by atoms with Crippen molar-refractivity contribution in [2.24, 2.45) is 0 Å². The molecular formula is C13H13FN4O3. The summed E-state index contributed by atoms with van der Waals surface area (Å²) in [7, 11) is 0. The van der Waals surface area contributed by atoms with Crippen molar-refractivity contribution in [3.05, 3.63) is 48.3 Å². The summed E-state index contributed by atoms with van der Waals surface area (Å²) < 4.78 is 13.0. The number of carboxylic acid groups (broad SMARTS) is 1. The van der Waals surface area contributed by atoms with Gasteiger partial charge in [0.1, 0.15) is 11.9 Å². The van der Waals surface area contributed by atoms with E-state index >= 15 is 0 Å². The van der Waals surface area contributed by atoms with Gasteiger partial charge in [-0.2, -0.15) is 0 Å². The summed E-state index contributed by atoms with van der Waals surface area (Å²) in [6.07, 6.45) is 2.95. The first-order valence-electron chi connectivity index (χ1n) is 6.08. The minimum atomic E-state index is -1.18. The normalized spacial score (nSPS) is 11.7. The van der Waals surface area contributed by atoms with Crippen LogP contribution in [0.1, 0.15) is 5.69 Å². The number of nitrogens with zero attached hydrogens (tertiary/aromatic N) is 1. The maximum atomic E-state index is 13.0. The van der Waals surface area contributed by atoms with Crippen LogP contribution in [0.4, 0.5) is 14.9 Å². The molecule has 0 spiro atoms. The number of H-pyrrole nitrogens is 1. The third-order valence-corrected chi connectivity index (χ3v) is 2.66. The number of rotatable bonds is 5. The van der Waals surface area contributed by atoms with Crippen LogP contribution in [0.15, 0.2) is 36.8 Å². The minimum absolute atomic E-state index is 0.0614. The zero-order chi connectivity index (χ0) is 15.2. The van der Waals surface area contributed by atoms with Gasteiger partial charge in [-0.1, -0.05) is 6.07 Å². The molecule has 1 aromatic heterocycles. The number of urea groups is 1. The van der Waals surface area contributed by atoms with Gasteiger partial charge in [-0.25, -0.2) is 19.0 Å². The first-order chi connectivity index (χ1) is 10.0. The van der Waals surface area contributed by atoms with E-state index in [1.54, 1.807) is 0 Å². The van der Waals surface area contributed by atoms with Crippen molar-refractivity contribution in [3.63, 3.8) is 0 Å². The molecule has 110 valence electrons. The number of hydrogen-bond acceptors (Lipinski definition) is 3. The molecule has 0 radical (unpaired) electrons. The molecule has 7 nitrogen and oxygen atoms in total. The molecule has 8 heteroatoms. The number of anilines is 1. The second-order valence-electron chi connectivity index (χ2n) is 4.28. The van der Waals surface area contributed by atoms with E-state index in [2.05, 4.69) is 20.6 Å². The molecule has 1 heterocycles. The molecule has 0 fully saturated rings. The van der Waals surface area contributed by atoms with E-state index in [4.69, 9.17) is 5.11 Å². The van der Waals surface area contributed by atoms with Gasteiger partial charge in [0.05, 0.1) is 6.33 Å². The third kappa shape index (κ3) is 4.30. The summed E-state index contributed by atoms with van der Waals surface area (Å²) in [4.78, 5) is 29.4. The summed E-state index contributed by atoms with van der Waals surface area (Å²) in [5, 5.41) is 13.8. The predicted molar refractivity (Wildman–Crippen MR) is 72.3 cm³/mol. The Morgan fingerprint density at radius 1 is 1.43 bits per heavy atom. The Bertz CT molecular complexity index is 630. The lowest BCUT2D eigenvalue weighted by molar-refractivity contribution is -0.139. The summed E-state index contributed by atoms with van der Waals surface area (Å²) in [5.41, 5.74) is 0.812. The van der Waals surface area contributed by atoms with Crippen LogP contribution in [0, 0.1) is 5.82 Å². The monoisotopic (exact) mass is 292 g/mol. The topological polar surface area (TPSA) is 107 Å². The highest BCUT2D eigenvalue weighted by Crippen LogP contribution is 2.09. The van der Waals surface area contributed by atoms with Gasteiger partial charge in [-0.05, 0) is 18.2 Å². The van der Waals surface area contributed by atoms with Crippen LogP contribution >= 0.6 is 0 Å².